The largest absolute Gasteiger partial charge is 0.378 e. The molecular weight excluding hydrogens is 280 g/mol. The number of hydrogen-bond acceptors (Lipinski definition) is 1. The highest BCUT2D eigenvalue weighted by Crippen LogP contribution is 2.42. The molecule has 1 atom stereocenters. The second-order valence-corrected chi connectivity index (χ2v) is 7.18. The van der Waals surface area contributed by atoms with E-state index in [1.54, 1.807) is 0 Å². The molecule has 1 aliphatic rings. The van der Waals surface area contributed by atoms with E-state index in [1.165, 1.54) is 46.2 Å². The molecular formula is C19H29ClO. The van der Waals surface area contributed by atoms with Gasteiger partial charge in [-0.05, 0) is 100 Å². The SMILES string of the molecule is CCOC1CC(CC(Cl)c2c(C)c(C)c(C)c(C)c2C)C1. The number of hydrogen-bond donors (Lipinski definition) is 0. The summed E-state index contributed by atoms with van der Waals surface area (Å²) in [5.74, 6) is 0.727. The van der Waals surface area contributed by atoms with Crippen LogP contribution in [-0.4, -0.2) is 12.7 Å². The van der Waals surface area contributed by atoms with E-state index in [4.69, 9.17) is 16.3 Å². The van der Waals surface area contributed by atoms with Crippen molar-refractivity contribution < 1.29 is 4.74 Å². The van der Waals surface area contributed by atoms with E-state index in [0.29, 0.717) is 6.10 Å². The van der Waals surface area contributed by atoms with Crippen molar-refractivity contribution in [1.82, 2.24) is 0 Å². The van der Waals surface area contributed by atoms with Gasteiger partial charge >= 0.3 is 0 Å². The van der Waals surface area contributed by atoms with Crippen molar-refractivity contribution in [1.29, 1.82) is 0 Å². The van der Waals surface area contributed by atoms with Gasteiger partial charge in [0.25, 0.3) is 0 Å². The Kier molecular flexibility index (Phi) is 5.38. The first-order chi connectivity index (χ1) is 9.86. The molecule has 0 bridgehead atoms. The quantitative estimate of drug-likeness (QED) is 0.633. The smallest absolute Gasteiger partial charge is 0.0593 e. The third-order valence-electron chi connectivity index (χ3n) is 5.51. The molecule has 1 aliphatic carbocycles. The van der Waals surface area contributed by atoms with Crippen molar-refractivity contribution in [3.8, 4) is 0 Å². The summed E-state index contributed by atoms with van der Waals surface area (Å²) in [6, 6.07) is 0. The third-order valence-corrected chi connectivity index (χ3v) is 5.90. The van der Waals surface area contributed by atoms with Gasteiger partial charge in [-0.15, -0.1) is 11.6 Å². The highest BCUT2D eigenvalue weighted by Gasteiger charge is 2.32. The van der Waals surface area contributed by atoms with E-state index in [0.717, 1.165) is 18.9 Å². The van der Waals surface area contributed by atoms with Crippen LogP contribution in [0.5, 0.6) is 0 Å². The molecule has 1 aromatic rings. The Hall–Kier alpha value is -0.530. The van der Waals surface area contributed by atoms with Crippen LogP contribution in [0.15, 0.2) is 0 Å². The van der Waals surface area contributed by atoms with Crippen LogP contribution in [0.1, 0.15) is 64.9 Å². The number of ether oxygens (including phenoxy) is 1. The second kappa shape index (κ2) is 6.71. The lowest BCUT2D eigenvalue weighted by molar-refractivity contribution is -0.0267. The number of halogens is 1. The summed E-state index contributed by atoms with van der Waals surface area (Å²) in [6.45, 7) is 14.0. The fraction of sp³-hybridized carbons (Fsp3) is 0.684. The van der Waals surface area contributed by atoms with E-state index in [1.807, 2.05) is 0 Å². The molecule has 2 rings (SSSR count). The average molecular weight is 309 g/mol. The van der Waals surface area contributed by atoms with Crippen LogP contribution in [0.3, 0.4) is 0 Å². The summed E-state index contributed by atoms with van der Waals surface area (Å²) >= 11 is 6.80. The Balaban J connectivity index is 2.12. The lowest BCUT2D eigenvalue weighted by atomic mass is 9.77. The molecule has 0 heterocycles. The highest BCUT2D eigenvalue weighted by atomic mass is 35.5. The summed E-state index contributed by atoms with van der Waals surface area (Å²) in [6.07, 6.45) is 3.92. The fourth-order valence-corrected chi connectivity index (χ4v) is 4.23. The highest BCUT2D eigenvalue weighted by molar-refractivity contribution is 6.21. The molecule has 0 amide bonds. The predicted octanol–water partition coefficient (Wildman–Crippen LogP) is 5.71. The van der Waals surface area contributed by atoms with Crippen molar-refractivity contribution in [2.45, 2.75) is 72.3 Å². The van der Waals surface area contributed by atoms with Gasteiger partial charge in [0.15, 0.2) is 0 Å². The molecule has 1 nitrogen and oxygen atoms in total. The lowest BCUT2D eigenvalue weighted by Crippen LogP contribution is -2.32. The molecule has 21 heavy (non-hydrogen) atoms. The van der Waals surface area contributed by atoms with Gasteiger partial charge in [0.2, 0.25) is 0 Å². The van der Waals surface area contributed by atoms with E-state index >= 15 is 0 Å². The summed E-state index contributed by atoms with van der Waals surface area (Å²) in [7, 11) is 0. The summed E-state index contributed by atoms with van der Waals surface area (Å²) in [5, 5.41) is 0.135. The molecule has 0 saturated heterocycles. The normalized spacial score (nSPS) is 23.0. The molecule has 2 heteroatoms. The molecule has 0 N–H and O–H groups in total. The molecule has 1 saturated carbocycles. The molecule has 1 fully saturated rings. The van der Waals surface area contributed by atoms with Gasteiger partial charge in [-0.25, -0.2) is 0 Å². The van der Waals surface area contributed by atoms with Crippen molar-refractivity contribution >= 4 is 11.6 Å². The van der Waals surface area contributed by atoms with Crippen LogP contribution in [-0.2, 0) is 4.74 Å². The maximum atomic E-state index is 6.80. The minimum atomic E-state index is 0.135. The number of benzene rings is 1. The maximum Gasteiger partial charge on any atom is 0.0593 e. The van der Waals surface area contributed by atoms with Gasteiger partial charge < -0.3 is 4.74 Å². The first-order valence-corrected chi connectivity index (χ1v) is 8.62. The topological polar surface area (TPSA) is 9.23 Å². The number of rotatable bonds is 5. The molecule has 0 aromatic heterocycles. The maximum absolute atomic E-state index is 6.80. The molecule has 0 spiro atoms. The van der Waals surface area contributed by atoms with E-state index in [2.05, 4.69) is 41.5 Å². The lowest BCUT2D eigenvalue weighted by Gasteiger charge is -2.36. The van der Waals surface area contributed by atoms with Crippen LogP contribution < -0.4 is 0 Å². The molecule has 0 radical (unpaired) electrons. The monoisotopic (exact) mass is 308 g/mol. The molecule has 0 aliphatic heterocycles. The van der Waals surface area contributed by atoms with Gasteiger partial charge in [0.1, 0.15) is 0 Å². The fourth-order valence-electron chi connectivity index (χ4n) is 3.65. The van der Waals surface area contributed by atoms with Crippen LogP contribution in [0.4, 0.5) is 0 Å². The van der Waals surface area contributed by atoms with Gasteiger partial charge in [0.05, 0.1) is 11.5 Å². The van der Waals surface area contributed by atoms with Gasteiger partial charge in [0, 0.05) is 6.61 Å². The van der Waals surface area contributed by atoms with Crippen LogP contribution in [0, 0.1) is 40.5 Å². The first kappa shape index (κ1) is 16.8. The van der Waals surface area contributed by atoms with Gasteiger partial charge in [-0.2, -0.15) is 0 Å². The summed E-state index contributed by atoms with van der Waals surface area (Å²) in [4.78, 5) is 0. The zero-order chi connectivity index (χ0) is 15.7. The van der Waals surface area contributed by atoms with Crippen LogP contribution in [0.25, 0.3) is 0 Å². The first-order valence-electron chi connectivity index (χ1n) is 8.19. The summed E-state index contributed by atoms with van der Waals surface area (Å²) < 4.78 is 5.65. The van der Waals surface area contributed by atoms with Crippen LogP contribution >= 0.6 is 11.6 Å². The van der Waals surface area contributed by atoms with Gasteiger partial charge in [-0.3, -0.25) is 0 Å². The van der Waals surface area contributed by atoms with Crippen molar-refractivity contribution in [2.24, 2.45) is 5.92 Å². The second-order valence-electron chi connectivity index (χ2n) is 6.66. The third kappa shape index (κ3) is 3.29. The molecule has 118 valence electrons. The minimum absolute atomic E-state index is 0.135. The van der Waals surface area contributed by atoms with Gasteiger partial charge in [-0.1, -0.05) is 0 Å². The standard InChI is InChI=1S/C19H29ClO/c1-7-21-17-8-16(9-17)10-18(20)19-14(5)12(3)11(2)13(4)15(19)6/h16-18H,7-10H2,1-6H3. The summed E-state index contributed by atoms with van der Waals surface area (Å²) in [5.41, 5.74) is 8.36. The van der Waals surface area contributed by atoms with E-state index in [9.17, 15) is 0 Å². The Morgan fingerprint density at radius 1 is 0.952 bits per heavy atom. The van der Waals surface area contributed by atoms with E-state index < -0.39 is 0 Å². The van der Waals surface area contributed by atoms with E-state index in [-0.39, 0.29) is 5.38 Å². The Morgan fingerprint density at radius 2 is 1.43 bits per heavy atom. The minimum Gasteiger partial charge on any atom is -0.378 e. The zero-order valence-corrected chi connectivity index (χ0v) is 15.1. The van der Waals surface area contributed by atoms with Crippen molar-refractivity contribution in [3.63, 3.8) is 0 Å². The van der Waals surface area contributed by atoms with Crippen LogP contribution in [0.2, 0.25) is 0 Å². The zero-order valence-electron chi connectivity index (χ0n) is 14.3. The predicted molar refractivity (Wildman–Crippen MR) is 91.5 cm³/mol. The van der Waals surface area contributed by atoms with Crippen molar-refractivity contribution in [2.75, 3.05) is 6.61 Å². The Morgan fingerprint density at radius 3 is 1.90 bits per heavy atom. The Bertz CT molecular complexity index is 486. The van der Waals surface area contributed by atoms with Crippen molar-refractivity contribution in [3.05, 3.63) is 33.4 Å². The average Bonchev–Trinajstić information content (AvgIpc) is 2.41. The Labute approximate surface area is 135 Å². The number of alkyl halides is 1. The molecule has 1 aromatic carbocycles. The molecule has 1 unspecified atom stereocenters.